The van der Waals surface area contributed by atoms with Crippen molar-refractivity contribution in [1.29, 1.82) is 0 Å². The second-order valence-electron chi connectivity index (χ2n) is 5.26. The number of hydrogen-bond acceptors (Lipinski definition) is 4. The normalized spacial score (nSPS) is 29.1. The Morgan fingerprint density at radius 2 is 2.39 bits per heavy atom. The van der Waals surface area contributed by atoms with Crippen molar-refractivity contribution in [2.24, 2.45) is 5.73 Å². The van der Waals surface area contributed by atoms with E-state index < -0.39 is 0 Å². The van der Waals surface area contributed by atoms with E-state index in [0.29, 0.717) is 18.2 Å². The molecular formula is C14H24N2OS. The number of nitrogens with zero attached hydrogens (tertiary/aromatic N) is 1. The van der Waals surface area contributed by atoms with Crippen molar-refractivity contribution >= 4 is 11.3 Å². The molecule has 1 aliphatic rings. The Hall–Kier alpha value is -0.420. The summed E-state index contributed by atoms with van der Waals surface area (Å²) in [6.45, 7) is 8.27. The summed E-state index contributed by atoms with van der Waals surface area (Å²) in [6.07, 6.45) is 1.41. The van der Waals surface area contributed by atoms with E-state index in [1.165, 1.54) is 5.56 Å². The first-order valence-corrected chi connectivity index (χ1v) is 7.72. The van der Waals surface area contributed by atoms with Crippen LogP contribution in [0.3, 0.4) is 0 Å². The number of rotatable bonds is 4. The lowest BCUT2D eigenvalue weighted by atomic mass is 9.98. The minimum Gasteiger partial charge on any atom is -0.376 e. The van der Waals surface area contributed by atoms with Crippen LogP contribution in [0, 0.1) is 0 Å². The molecule has 2 heterocycles. The van der Waals surface area contributed by atoms with Gasteiger partial charge in [-0.1, -0.05) is 6.92 Å². The lowest BCUT2D eigenvalue weighted by molar-refractivity contribution is -0.0761. The Labute approximate surface area is 114 Å². The third kappa shape index (κ3) is 2.94. The predicted molar refractivity (Wildman–Crippen MR) is 76.9 cm³/mol. The number of ether oxygens (including phenoxy) is 1. The SMILES string of the molecule is CCC1COC(C)CN1C(c1ccsc1)C(C)N. The van der Waals surface area contributed by atoms with Gasteiger partial charge in [0, 0.05) is 18.6 Å². The van der Waals surface area contributed by atoms with Crippen molar-refractivity contribution in [3.63, 3.8) is 0 Å². The van der Waals surface area contributed by atoms with Crippen LogP contribution in [0.25, 0.3) is 0 Å². The lowest BCUT2D eigenvalue weighted by Crippen LogP contribution is -2.53. The maximum absolute atomic E-state index is 6.24. The second kappa shape index (κ2) is 6.15. The van der Waals surface area contributed by atoms with Gasteiger partial charge in [0.2, 0.25) is 0 Å². The first-order valence-electron chi connectivity index (χ1n) is 6.78. The van der Waals surface area contributed by atoms with Crippen LogP contribution in [0.1, 0.15) is 38.8 Å². The van der Waals surface area contributed by atoms with Gasteiger partial charge in [0.1, 0.15) is 0 Å². The van der Waals surface area contributed by atoms with E-state index in [0.717, 1.165) is 19.6 Å². The molecule has 0 aliphatic carbocycles. The van der Waals surface area contributed by atoms with Gasteiger partial charge in [0.15, 0.2) is 0 Å². The highest BCUT2D eigenvalue weighted by Gasteiger charge is 2.33. The van der Waals surface area contributed by atoms with Gasteiger partial charge in [0.05, 0.1) is 18.8 Å². The standard InChI is InChI=1S/C14H24N2OS/c1-4-13-8-17-10(2)7-16(13)14(11(3)15)12-5-6-18-9-12/h5-6,9-11,13-14H,4,7-8,15H2,1-3H3. The third-order valence-electron chi connectivity index (χ3n) is 3.72. The topological polar surface area (TPSA) is 38.5 Å². The van der Waals surface area contributed by atoms with Crippen LogP contribution in [0.4, 0.5) is 0 Å². The van der Waals surface area contributed by atoms with Crippen molar-refractivity contribution in [3.8, 4) is 0 Å². The fraction of sp³-hybridized carbons (Fsp3) is 0.714. The van der Waals surface area contributed by atoms with Gasteiger partial charge in [-0.15, -0.1) is 0 Å². The van der Waals surface area contributed by atoms with E-state index in [4.69, 9.17) is 10.5 Å². The highest BCUT2D eigenvalue weighted by molar-refractivity contribution is 7.07. The Kier molecular flexibility index (Phi) is 4.78. The van der Waals surface area contributed by atoms with Crippen LogP contribution in [-0.2, 0) is 4.74 Å². The van der Waals surface area contributed by atoms with E-state index >= 15 is 0 Å². The van der Waals surface area contributed by atoms with Gasteiger partial charge in [-0.2, -0.15) is 11.3 Å². The van der Waals surface area contributed by atoms with Crippen LogP contribution in [0.15, 0.2) is 16.8 Å². The zero-order valence-corrected chi connectivity index (χ0v) is 12.3. The molecule has 0 bridgehead atoms. The maximum Gasteiger partial charge on any atom is 0.0675 e. The maximum atomic E-state index is 6.24. The summed E-state index contributed by atoms with van der Waals surface area (Å²) in [6, 6.07) is 3.13. The average Bonchev–Trinajstić information content (AvgIpc) is 2.83. The highest BCUT2D eigenvalue weighted by Crippen LogP contribution is 2.30. The van der Waals surface area contributed by atoms with E-state index in [9.17, 15) is 0 Å². The number of morpholine rings is 1. The van der Waals surface area contributed by atoms with E-state index in [1.807, 2.05) is 0 Å². The van der Waals surface area contributed by atoms with Crippen LogP contribution in [0.5, 0.6) is 0 Å². The van der Waals surface area contributed by atoms with Crippen molar-refractivity contribution < 1.29 is 4.74 Å². The largest absolute Gasteiger partial charge is 0.376 e. The van der Waals surface area contributed by atoms with Gasteiger partial charge < -0.3 is 10.5 Å². The molecule has 1 saturated heterocycles. The first-order chi connectivity index (χ1) is 8.63. The highest BCUT2D eigenvalue weighted by atomic mass is 32.1. The molecule has 0 saturated carbocycles. The Morgan fingerprint density at radius 1 is 1.61 bits per heavy atom. The Bertz CT molecular complexity index is 353. The molecule has 4 heteroatoms. The van der Waals surface area contributed by atoms with Crippen LogP contribution < -0.4 is 5.73 Å². The zero-order chi connectivity index (χ0) is 13.1. The smallest absolute Gasteiger partial charge is 0.0675 e. The molecule has 4 unspecified atom stereocenters. The summed E-state index contributed by atoms with van der Waals surface area (Å²) in [7, 11) is 0. The fourth-order valence-corrected chi connectivity index (χ4v) is 3.49. The quantitative estimate of drug-likeness (QED) is 0.912. The van der Waals surface area contributed by atoms with Crippen molar-refractivity contribution in [3.05, 3.63) is 22.4 Å². The summed E-state index contributed by atoms with van der Waals surface area (Å²) in [5.74, 6) is 0. The van der Waals surface area contributed by atoms with E-state index in [-0.39, 0.29) is 6.04 Å². The fourth-order valence-electron chi connectivity index (χ4n) is 2.80. The van der Waals surface area contributed by atoms with Crippen molar-refractivity contribution in [2.45, 2.75) is 51.4 Å². The van der Waals surface area contributed by atoms with E-state index in [2.05, 4.69) is 42.5 Å². The van der Waals surface area contributed by atoms with Crippen molar-refractivity contribution in [2.75, 3.05) is 13.2 Å². The molecule has 2 N–H and O–H groups in total. The third-order valence-corrected chi connectivity index (χ3v) is 4.42. The van der Waals surface area contributed by atoms with Crippen LogP contribution >= 0.6 is 11.3 Å². The molecule has 0 aromatic carbocycles. The minimum atomic E-state index is 0.138. The molecule has 0 amide bonds. The van der Waals surface area contributed by atoms with Gasteiger partial charge in [0.25, 0.3) is 0 Å². The molecule has 1 fully saturated rings. The summed E-state index contributed by atoms with van der Waals surface area (Å²) >= 11 is 1.75. The molecule has 102 valence electrons. The Morgan fingerprint density at radius 3 is 2.94 bits per heavy atom. The van der Waals surface area contributed by atoms with Gasteiger partial charge in [-0.25, -0.2) is 0 Å². The number of hydrogen-bond donors (Lipinski definition) is 1. The summed E-state index contributed by atoms with van der Waals surface area (Å²) in [5.41, 5.74) is 7.59. The molecule has 1 aromatic rings. The predicted octanol–water partition coefficient (Wildman–Crippen LogP) is 2.64. The molecule has 3 nitrogen and oxygen atoms in total. The molecule has 2 rings (SSSR count). The van der Waals surface area contributed by atoms with Crippen LogP contribution in [-0.4, -0.2) is 36.2 Å². The molecule has 1 aromatic heterocycles. The van der Waals surface area contributed by atoms with Gasteiger partial charge in [-0.05, 0) is 42.7 Å². The number of nitrogens with two attached hydrogens (primary N) is 1. The molecule has 0 spiro atoms. The molecule has 18 heavy (non-hydrogen) atoms. The summed E-state index contributed by atoms with van der Waals surface area (Å²) in [5, 5.41) is 4.36. The molecule has 0 radical (unpaired) electrons. The Balaban J connectivity index is 2.23. The summed E-state index contributed by atoms with van der Waals surface area (Å²) < 4.78 is 5.78. The average molecular weight is 268 g/mol. The zero-order valence-electron chi connectivity index (χ0n) is 11.5. The van der Waals surface area contributed by atoms with Gasteiger partial charge >= 0.3 is 0 Å². The van der Waals surface area contributed by atoms with Crippen molar-refractivity contribution in [1.82, 2.24) is 4.90 Å². The second-order valence-corrected chi connectivity index (χ2v) is 6.04. The number of thiophene rings is 1. The molecular weight excluding hydrogens is 244 g/mol. The van der Waals surface area contributed by atoms with Crippen LogP contribution in [0.2, 0.25) is 0 Å². The lowest BCUT2D eigenvalue weighted by Gasteiger charge is -2.44. The monoisotopic (exact) mass is 268 g/mol. The van der Waals surface area contributed by atoms with Gasteiger partial charge in [-0.3, -0.25) is 4.90 Å². The minimum absolute atomic E-state index is 0.138. The van der Waals surface area contributed by atoms with E-state index in [1.54, 1.807) is 11.3 Å². The first kappa shape index (κ1) is 14.0. The molecule has 4 atom stereocenters. The molecule has 1 aliphatic heterocycles. The summed E-state index contributed by atoms with van der Waals surface area (Å²) in [4.78, 5) is 2.54.